The van der Waals surface area contributed by atoms with Gasteiger partial charge in [0.1, 0.15) is 0 Å². The van der Waals surface area contributed by atoms with Gasteiger partial charge in [-0.3, -0.25) is 4.79 Å². The van der Waals surface area contributed by atoms with Gasteiger partial charge in [-0.2, -0.15) is 0 Å². The molecule has 0 atom stereocenters. The van der Waals surface area contributed by atoms with E-state index in [-0.39, 0.29) is 5.91 Å². The van der Waals surface area contributed by atoms with E-state index >= 15 is 0 Å². The Morgan fingerprint density at radius 2 is 2.21 bits per heavy atom. The van der Waals surface area contributed by atoms with Crippen LogP contribution in [0.25, 0.3) is 0 Å². The van der Waals surface area contributed by atoms with Crippen LogP contribution >= 0.6 is 0 Å². The number of nitrogens with zero attached hydrogens (tertiary/aromatic N) is 1. The van der Waals surface area contributed by atoms with Crippen LogP contribution in [0, 0.1) is 0 Å². The van der Waals surface area contributed by atoms with Crippen LogP contribution in [0.4, 0.5) is 0 Å². The van der Waals surface area contributed by atoms with Crippen molar-refractivity contribution in [3.8, 4) is 0 Å². The van der Waals surface area contributed by atoms with Gasteiger partial charge in [-0.15, -0.1) is 0 Å². The van der Waals surface area contributed by atoms with Crippen molar-refractivity contribution in [3.63, 3.8) is 0 Å². The van der Waals surface area contributed by atoms with E-state index in [1.54, 1.807) is 0 Å². The lowest BCUT2D eigenvalue weighted by Gasteiger charge is -2.16. The van der Waals surface area contributed by atoms with Crippen molar-refractivity contribution in [2.75, 3.05) is 26.7 Å². The average Bonchev–Trinajstić information content (AvgIpc) is 2.44. The van der Waals surface area contributed by atoms with Crippen LogP contribution in [0.1, 0.15) is 58.3 Å². The predicted molar refractivity (Wildman–Crippen MR) is 81.2 cm³/mol. The van der Waals surface area contributed by atoms with Crippen molar-refractivity contribution in [3.05, 3.63) is 11.6 Å². The Hall–Kier alpha value is -0.830. The maximum absolute atomic E-state index is 11.7. The maximum Gasteiger partial charge on any atom is 0.221 e. The third kappa shape index (κ3) is 8.04. The maximum atomic E-state index is 11.7. The first-order valence-corrected chi connectivity index (χ1v) is 7.85. The van der Waals surface area contributed by atoms with Crippen molar-refractivity contribution < 1.29 is 4.79 Å². The van der Waals surface area contributed by atoms with Gasteiger partial charge in [0, 0.05) is 19.5 Å². The second kappa shape index (κ2) is 10.0. The highest BCUT2D eigenvalue weighted by Gasteiger charge is 2.06. The van der Waals surface area contributed by atoms with Crippen LogP contribution in [-0.4, -0.2) is 37.5 Å². The van der Waals surface area contributed by atoms with Gasteiger partial charge in [0.25, 0.3) is 0 Å². The van der Waals surface area contributed by atoms with Crippen molar-refractivity contribution in [1.82, 2.24) is 10.2 Å². The first-order chi connectivity index (χ1) is 9.22. The molecule has 0 spiro atoms. The zero-order valence-corrected chi connectivity index (χ0v) is 12.7. The molecule has 3 nitrogen and oxygen atoms in total. The summed E-state index contributed by atoms with van der Waals surface area (Å²) in [6, 6.07) is 0. The number of nitrogens with one attached hydrogen (secondary N) is 1. The number of unbranched alkanes of at least 4 members (excludes halogenated alkanes) is 1. The Morgan fingerprint density at radius 3 is 2.89 bits per heavy atom. The van der Waals surface area contributed by atoms with E-state index in [9.17, 15) is 4.79 Å². The fraction of sp³-hybridized carbons (Fsp3) is 0.812. The molecule has 0 aliphatic heterocycles. The van der Waals surface area contributed by atoms with Crippen molar-refractivity contribution >= 4 is 5.91 Å². The van der Waals surface area contributed by atoms with E-state index in [4.69, 9.17) is 0 Å². The van der Waals surface area contributed by atoms with Gasteiger partial charge in [-0.1, -0.05) is 25.0 Å². The molecule has 0 aromatic carbocycles. The summed E-state index contributed by atoms with van der Waals surface area (Å²) in [6.45, 7) is 4.97. The average molecular weight is 266 g/mol. The highest BCUT2D eigenvalue weighted by atomic mass is 16.1. The Labute approximate surface area is 118 Å². The first-order valence-electron chi connectivity index (χ1n) is 7.85. The molecule has 0 unspecified atom stereocenters. The van der Waals surface area contributed by atoms with Crippen LogP contribution < -0.4 is 5.32 Å². The minimum absolute atomic E-state index is 0.194. The van der Waals surface area contributed by atoms with Crippen LogP contribution in [0.15, 0.2) is 11.6 Å². The van der Waals surface area contributed by atoms with Gasteiger partial charge < -0.3 is 10.2 Å². The minimum atomic E-state index is 0.194. The van der Waals surface area contributed by atoms with Crippen LogP contribution in [0.5, 0.6) is 0 Å². The number of hydrogen-bond donors (Lipinski definition) is 1. The van der Waals surface area contributed by atoms with Crippen LogP contribution in [0.3, 0.4) is 0 Å². The second-order valence-electron chi connectivity index (χ2n) is 5.61. The summed E-state index contributed by atoms with van der Waals surface area (Å²) in [7, 11) is 2.09. The molecule has 1 amide bonds. The highest BCUT2D eigenvalue weighted by Crippen LogP contribution is 2.19. The molecule has 0 saturated carbocycles. The molecule has 110 valence electrons. The molecule has 19 heavy (non-hydrogen) atoms. The van der Waals surface area contributed by atoms with E-state index in [0.29, 0.717) is 6.42 Å². The molecule has 3 heteroatoms. The molecule has 0 aromatic rings. The summed E-state index contributed by atoms with van der Waals surface area (Å²) >= 11 is 0. The summed E-state index contributed by atoms with van der Waals surface area (Å²) in [5.74, 6) is 0.194. The lowest BCUT2D eigenvalue weighted by molar-refractivity contribution is -0.121. The molecule has 0 saturated heterocycles. The third-order valence-electron chi connectivity index (χ3n) is 3.77. The molecule has 0 radical (unpaired) electrons. The Balaban J connectivity index is 2.02. The highest BCUT2D eigenvalue weighted by molar-refractivity contribution is 5.76. The van der Waals surface area contributed by atoms with E-state index in [0.717, 1.165) is 26.1 Å². The predicted octanol–water partition coefficient (Wildman–Crippen LogP) is 3.12. The molecule has 1 rings (SSSR count). The van der Waals surface area contributed by atoms with Gasteiger partial charge >= 0.3 is 0 Å². The van der Waals surface area contributed by atoms with Crippen LogP contribution in [0.2, 0.25) is 0 Å². The number of amides is 1. The topological polar surface area (TPSA) is 32.3 Å². The molecule has 1 aliphatic carbocycles. The zero-order valence-electron chi connectivity index (χ0n) is 12.7. The number of carbonyl (C=O) groups is 1. The summed E-state index contributed by atoms with van der Waals surface area (Å²) in [5, 5.41) is 3.03. The smallest absolute Gasteiger partial charge is 0.221 e. The Bertz CT molecular complexity index is 286. The molecule has 1 N–H and O–H groups in total. The monoisotopic (exact) mass is 266 g/mol. The lowest BCUT2D eigenvalue weighted by Crippen LogP contribution is -2.30. The molecular weight excluding hydrogens is 236 g/mol. The minimum Gasteiger partial charge on any atom is -0.356 e. The Kier molecular flexibility index (Phi) is 8.55. The summed E-state index contributed by atoms with van der Waals surface area (Å²) in [5.41, 5.74) is 1.53. The van der Waals surface area contributed by atoms with Crippen molar-refractivity contribution in [2.45, 2.75) is 58.3 Å². The van der Waals surface area contributed by atoms with Crippen LogP contribution in [-0.2, 0) is 4.79 Å². The summed E-state index contributed by atoms with van der Waals surface area (Å²) in [6.07, 6.45) is 11.6. The molecule has 0 heterocycles. The van der Waals surface area contributed by atoms with E-state index in [1.807, 2.05) is 0 Å². The van der Waals surface area contributed by atoms with Crippen molar-refractivity contribution in [2.24, 2.45) is 0 Å². The van der Waals surface area contributed by atoms with Gasteiger partial charge in [0.15, 0.2) is 0 Å². The molecule has 0 fully saturated rings. The number of rotatable bonds is 9. The van der Waals surface area contributed by atoms with Gasteiger partial charge in [0.05, 0.1) is 0 Å². The van der Waals surface area contributed by atoms with Gasteiger partial charge in [-0.25, -0.2) is 0 Å². The van der Waals surface area contributed by atoms with E-state index in [2.05, 4.69) is 30.3 Å². The fourth-order valence-electron chi connectivity index (χ4n) is 2.41. The van der Waals surface area contributed by atoms with E-state index < -0.39 is 0 Å². The number of hydrogen-bond acceptors (Lipinski definition) is 2. The van der Waals surface area contributed by atoms with Crippen molar-refractivity contribution in [1.29, 1.82) is 0 Å². The molecule has 1 aliphatic rings. The molecule has 0 bridgehead atoms. The second-order valence-corrected chi connectivity index (χ2v) is 5.61. The molecule has 0 aromatic heterocycles. The Morgan fingerprint density at radius 1 is 1.37 bits per heavy atom. The summed E-state index contributed by atoms with van der Waals surface area (Å²) in [4.78, 5) is 13.9. The largest absolute Gasteiger partial charge is 0.356 e. The number of carbonyl (C=O) groups excluding carboxylic acids is 1. The van der Waals surface area contributed by atoms with Gasteiger partial charge in [0.2, 0.25) is 5.91 Å². The first kappa shape index (κ1) is 16.2. The lowest BCUT2D eigenvalue weighted by atomic mass is 9.97. The standard InChI is InChI=1S/C16H30N2O/c1-3-4-13-18(2)14-11-16(19)17-12-10-15-8-6-5-7-9-15/h8H,3-7,9-14H2,1-2H3,(H,17,19). The quantitative estimate of drug-likeness (QED) is 0.650. The number of allylic oxidation sites excluding steroid dienone is 1. The molecular formula is C16H30N2O. The van der Waals surface area contributed by atoms with Gasteiger partial charge in [-0.05, 0) is 52.1 Å². The zero-order chi connectivity index (χ0) is 13.9. The normalized spacial score (nSPS) is 15.4. The van der Waals surface area contributed by atoms with E-state index in [1.165, 1.54) is 44.1 Å². The SMILES string of the molecule is CCCCN(C)CCC(=O)NCCC1=CCCCC1. The summed E-state index contributed by atoms with van der Waals surface area (Å²) < 4.78 is 0. The third-order valence-corrected chi connectivity index (χ3v) is 3.77. The fourth-order valence-corrected chi connectivity index (χ4v) is 2.41.